The highest BCUT2D eigenvalue weighted by molar-refractivity contribution is 5.25. The standard InChI is InChI=1S/C16H17NO/c1-2-10-16(18,15-9-6-11-17-13-15)12-14-7-4-3-5-8-14/h2-9,11,13,18H,1,10,12H2. The first-order valence-electron chi connectivity index (χ1n) is 6.02. The summed E-state index contributed by atoms with van der Waals surface area (Å²) in [5.74, 6) is 0. The van der Waals surface area contributed by atoms with Gasteiger partial charge in [-0.2, -0.15) is 0 Å². The highest BCUT2D eigenvalue weighted by Gasteiger charge is 2.28. The molecule has 0 aliphatic rings. The Bertz CT molecular complexity index is 495. The molecule has 1 atom stereocenters. The minimum atomic E-state index is -0.933. The fourth-order valence-electron chi connectivity index (χ4n) is 2.10. The van der Waals surface area contributed by atoms with Crippen molar-refractivity contribution in [1.29, 1.82) is 0 Å². The minimum Gasteiger partial charge on any atom is -0.384 e. The van der Waals surface area contributed by atoms with Gasteiger partial charge in [-0.05, 0) is 18.1 Å². The first kappa shape index (κ1) is 12.5. The first-order valence-corrected chi connectivity index (χ1v) is 6.02. The molecule has 2 aromatic rings. The lowest BCUT2D eigenvalue weighted by Crippen LogP contribution is -2.28. The normalized spacial score (nSPS) is 13.8. The van der Waals surface area contributed by atoms with E-state index in [9.17, 15) is 5.11 Å². The quantitative estimate of drug-likeness (QED) is 0.813. The molecule has 0 saturated carbocycles. The summed E-state index contributed by atoms with van der Waals surface area (Å²) in [6, 6.07) is 13.7. The Morgan fingerprint density at radius 3 is 2.56 bits per heavy atom. The number of hydrogen-bond acceptors (Lipinski definition) is 2. The molecular weight excluding hydrogens is 222 g/mol. The predicted octanol–water partition coefficient (Wildman–Crippen LogP) is 3.09. The zero-order valence-corrected chi connectivity index (χ0v) is 10.3. The maximum Gasteiger partial charge on any atom is 0.0985 e. The van der Waals surface area contributed by atoms with Crippen LogP contribution in [0.2, 0.25) is 0 Å². The van der Waals surface area contributed by atoms with Crippen LogP contribution in [-0.4, -0.2) is 10.1 Å². The van der Waals surface area contributed by atoms with Crippen molar-refractivity contribution in [2.24, 2.45) is 0 Å². The molecule has 2 heteroatoms. The van der Waals surface area contributed by atoms with Crippen molar-refractivity contribution in [3.63, 3.8) is 0 Å². The molecular formula is C16H17NO. The van der Waals surface area contributed by atoms with Crippen LogP contribution in [0.3, 0.4) is 0 Å². The Morgan fingerprint density at radius 1 is 1.17 bits per heavy atom. The van der Waals surface area contributed by atoms with Crippen LogP contribution in [0.25, 0.3) is 0 Å². The Hall–Kier alpha value is -1.93. The van der Waals surface area contributed by atoms with Crippen molar-refractivity contribution in [1.82, 2.24) is 4.98 Å². The van der Waals surface area contributed by atoms with Gasteiger partial charge in [0.05, 0.1) is 5.60 Å². The summed E-state index contributed by atoms with van der Waals surface area (Å²) in [7, 11) is 0. The van der Waals surface area contributed by atoms with E-state index in [2.05, 4.69) is 11.6 Å². The number of nitrogens with zero attached hydrogens (tertiary/aromatic N) is 1. The number of benzene rings is 1. The Labute approximate surface area is 108 Å². The topological polar surface area (TPSA) is 33.1 Å². The summed E-state index contributed by atoms with van der Waals surface area (Å²) in [5.41, 5.74) is 0.997. The molecule has 1 aromatic heterocycles. The fraction of sp³-hybridized carbons (Fsp3) is 0.188. The van der Waals surface area contributed by atoms with Gasteiger partial charge in [0, 0.05) is 24.4 Å². The zero-order chi connectivity index (χ0) is 12.8. The molecule has 0 saturated heterocycles. The highest BCUT2D eigenvalue weighted by atomic mass is 16.3. The lowest BCUT2D eigenvalue weighted by molar-refractivity contribution is 0.0397. The predicted molar refractivity (Wildman–Crippen MR) is 73.1 cm³/mol. The average Bonchev–Trinajstić information content (AvgIpc) is 2.41. The molecule has 0 fully saturated rings. The summed E-state index contributed by atoms with van der Waals surface area (Å²) >= 11 is 0. The van der Waals surface area contributed by atoms with Crippen molar-refractivity contribution < 1.29 is 5.11 Å². The molecule has 1 aromatic carbocycles. The number of aromatic nitrogens is 1. The van der Waals surface area contributed by atoms with Gasteiger partial charge >= 0.3 is 0 Å². The van der Waals surface area contributed by atoms with Gasteiger partial charge in [0.15, 0.2) is 0 Å². The minimum absolute atomic E-state index is 0.508. The van der Waals surface area contributed by atoms with Crippen LogP contribution in [-0.2, 0) is 12.0 Å². The number of hydrogen-bond donors (Lipinski definition) is 1. The van der Waals surface area contributed by atoms with Gasteiger partial charge in [-0.1, -0.05) is 42.5 Å². The number of aliphatic hydroxyl groups is 1. The first-order chi connectivity index (χ1) is 8.74. The van der Waals surface area contributed by atoms with Crippen LogP contribution in [0, 0.1) is 0 Å². The van der Waals surface area contributed by atoms with Gasteiger partial charge in [-0.25, -0.2) is 0 Å². The van der Waals surface area contributed by atoms with E-state index < -0.39 is 5.60 Å². The number of rotatable bonds is 5. The molecule has 0 spiro atoms. The molecule has 1 heterocycles. The fourth-order valence-corrected chi connectivity index (χ4v) is 2.10. The highest BCUT2D eigenvalue weighted by Crippen LogP contribution is 2.29. The molecule has 92 valence electrons. The molecule has 0 amide bonds. The second kappa shape index (κ2) is 5.61. The second-order valence-electron chi connectivity index (χ2n) is 4.43. The maximum absolute atomic E-state index is 10.8. The van der Waals surface area contributed by atoms with E-state index in [1.807, 2.05) is 42.5 Å². The van der Waals surface area contributed by atoms with Gasteiger partial charge in [-0.15, -0.1) is 6.58 Å². The summed E-state index contributed by atoms with van der Waals surface area (Å²) in [5, 5.41) is 10.8. The van der Waals surface area contributed by atoms with Crippen molar-refractivity contribution in [2.45, 2.75) is 18.4 Å². The second-order valence-corrected chi connectivity index (χ2v) is 4.43. The van der Waals surface area contributed by atoms with Crippen molar-refractivity contribution in [3.05, 3.63) is 78.6 Å². The smallest absolute Gasteiger partial charge is 0.0985 e. The molecule has 0 bridgehead atoms. The van der Waals surface area contributed by atoms with Gasteiger partial charge in [0.25, 0.3) is 0 Å². The molecule has 1 unspecified atom stereocenters. The van der Waals surface area contributed by atoms with Crippen molar-refractivity contribution in [3.8, 4) is 0 Å². The van der Waals surface area contributed by atoms with E-state index in [1.165, 1.54) is 0 Å². The van der Waals surface area contributed by atoms with E-state index in [0.717, 1.165) is 11.1 Å². The monoisotopic (exact) mass is 239 g/mol. The van der Waals surface area contributed by atoms with Gasteiger partial charge in [0.1, 0.15) is 0 Å². The average molecular weight is 239 g/mol. The van der Waals surface area contributed by atoms with Crippen molar-refractivity contribution >= 4 is 0 Å². The molecule has 18 heavy (non-hydrogen) atoms. The summed E-state index contributed by atoms with van der Waals surface area (Å²) < 4.78 is 0. The van der Waals surface area contributed by atoms with E-state index in [1.54, 1.807) is 18.5 Å². The van der Waals surface area contributed by atoms with Gasteiger partial charge in [0.2, 0.25) is 0 Å². The lowest BCUT2D eigenvalue weighted by atomic mass is 9.85. The Kier molecular flexibility index (Phi) is 3.90. The molecule has 0 aliphatic heterocycles. The van der Waals surface area contributed by atoms with Gasteiger partial charge < -0.3 is 5.11 Å². The maximum atomic E-state index is 10.8. The zero-order valence-electron chi connectivity index (χ0n) is 10.3. The number of pyridine rings is 1. The summed E-state index contributed by atoms with van der Waals surface area (Å²) in [6.07, 6.45) is 6.24. The van der Waals surface area contributed by atoms with E-state index in [4.69, 9.17) is 0 Å². The largest absolute Gasteiger partial charge is 0.384 e. The van der Waals surface area contributed by atoms with Crippen LogP contribution < -0.4 is 0 Å². The Balaban J connectivity index is 2.30. The van der Waals surface area contributed by atoms with Crippen LogP contribution in [0.15, 0.2) is 67.5 Å². The third-order valence-corrected chi connectivity index (χ3v) is 3.02. The lowest BCUT2D eigenvalue weighted by Gasteiger charge is -2.27. The van der Waals surface area contributed by atoms with E-state index in [-0.39, 0.29) is 0 Å². The van der Waals surface area contributed by atoms with Crippen LogP contribution in [0.5, 0.6) is 0 Å². The molecule has 2 rings (SSSR count). The van der Waals surface area contributed by atoms with E-state index in [0.29, 0.717) is 12.8 Å². The van der Waals surface area contributed by atoms with Crippen LogP contribution in [0.1, 0.15) is 17.5 Å². The molecule has 0 radical (unpaired) electrons. The van der Waals surface area contributed by atoms with Crippen LogP contribution in [0.4, 0.5) is 0 Å². The molecule has 2 nitrogen and oxygen atoms in total. The Morgan fingerprint density at radius 2 is 1.94 bits per heavy atom. The van der Waals surface area contributed by atoms with Gasteiger partial charge in [-0.3, -0.25) is 4.98 Å². The summed E-state index contributed by atoms with van der Waals surface area (Å²) in [4.78, 5) is 4.08. The van der Waals surface area contributed by atoms with Crippen LogP contribution >= 0.6 is 0 Å². The third kappa shape index (κ3) is 2.84. The molecule has 1 N–H and O–H groups in total. The summed E-state index contributed by atoms with van der Waals surface area (Å²) in [6.45, 7) is 3.73. The molecule has 0 aliphatic carbocycles. The van der Waals surface area contributed by atoms with E-state index >= 15 is 0 Å². The third-order valence-electron chi connectivity index (χ3n) is 3.02. The SMILES string of the molecule is C=CCC(O)(Cc1ccccc1)c1cccnc1. The van der Waals surface area contributed by atoms with Crippen molar-refractivity contribution in [2.75, 3.05) is 0 Å².